The maximum Gasteiger partial charge on any atom is 0.232 e. The molecule has 0 amide bonds. The largest absolute Gasteiger partial charge is 0.506 e. The first-order valence-corrected chi connectivity index (χ1v) is 12.9. The van der Waals surface area contributed by atoms with Gasteiger partial charge in [0, 0.05) is 0 Å². The van der Waals surface area contributed by atoms with E-state index in [9.17, 15) is 27.0 Å². The molecule has 0 fully saturated rings. The smallest absolute Gasteiger partial charge is 0.232 e. The van der Waals surface area contributed by atoms with E-state index in [0.29, 0.717) is 25.7 Å². The van der Waals surface area contributed by atoms with Gasteiger partial charge in [-0.3, -0.25) is 9.44 Å². The van der Waals surface area contributed by atoms with E-state index in [4.69, 9.17) is 0 Å². The SMILES string of the molecule is Cc1ccc(O)c(NS(=O)(=O)CCCCCCS(=O)(=O)Nc2cc(C)ccc2O)c1. The summed E-state index contributed by atoms with van der Waals surface area (Å²) in [4.78, 5) is 0. The Hall–Kier alpha value is -2.46. The van der Waals surface area contributed by atoms with Gasteiger partial charge in [0.2, 0.25) is 20.0 Å². The molecule has 0 atom stereocenters. The predicted octanol–water partition coefficient (Wildman–Crippen LogP) is 3.46. The number of aromatic hydroxyl groups is 2. The minimum absolute atomic E-state index is 0.122. The Morgan fingerprint density at radius 2 is 1.03 bits per heavy atom. The van der Waals surface area contributed by atoms with Crippen molar-refractivity contribution in [3.05, 3.63) is 47.5 Å². The summed E-state index contributed by atoms with van der Waals surface area (Å²) >= 11 is 0. The van der Waals surface area contributed by atoms with Crippen molar-refractivity contribution in [3.8, 4) is 11.5 Å². The third kappa shape index (κ3) is 7.75. The number of benzene rings is 2. The molecule has 30 heavy (non-hydrogen) atoms. The number of aryl methyl sites for hydroxylation is 2. The fourth-order valence-corrected chi connectivity index (χ4v) is 5.21. The Balaban J connectivity index is 1.74. The van der Waals surface area contributed by atoms with E-state index in [1.165, 1.54) is 12.1 Å². The van der Waals surface area contributed by atoms with Gasteiger partial charge in [-0.05, 0) is 62.1 Å². The van der Waals surface area contributed by atoms with Crippen LogP contribution in [0.5, 0.6) is 11.5 Å². The van der Waals surface area contributed by atoms with Crippen LogP contribution in [0.3, 0.4) is 0 Å². The zero-order valence-corrected chi connectivity index (χ0v) is 18.7. The summed E-state index contributed by atoms with van der Waals surface area (Å²) < 4.78 is 53.4. The average Bonchev–Trinajstić information content (AvgIpc) is 2.63. The Kier molecular flexibility index (Phi) is 7.96. The van der Waals surface area contributed by atoms with Crippen LogP contribution in [0.1, 0.15) is 36.8 Å². The van der Waals surface area contributed by atoms with E-state index >= 15 is 0 Å². The molecule has 0 bridgehead atoms. The fraction of sp³-hybridized carbons (Fsp3) is 0.400. The maximum absolute atomic E-state index is 12.2. The second-order valence-corrected chi connectivity index (χ2v) is 11.0. The minimum Gasteiger partial charge on any atom is -0.506 e. The van der Waals surface area contributed by atoms with Gasteiger partial charge < -0.3 is 10.2 Å². The number of phenols is 2. The third-order valence-electron chi connectivity index (χ3n) is 4.41. The summed E-state index contributed by atoms with van der Waals surface area (Å²) in [5.41, 5.74) is 1.93. The highest BCUT2D eigenvalue weighted by Gasteiger charge is 2.15. The first-order chi connectivity index (χ1) is 14.0. The van der Waals surface area contributed by atoms with Gasteiger partial charge in [-0.15, -0.1) is 0 Å². The van der Waals surface area contributed by atoms with Gasteiger partial charge in [-0.25, -0.2) is 16.8 Å². The summed E-state index contributed by atoms with van der Waals surface area (Å²) in [6.07, 6.45) is 1.83. The average molecular weight is 457 g/mol. The molecule has 0 aliphatic heterocycles. The molecule has 4 N–H and O–H groups in total. The Morgan fingerprint density at radius 1 is 0.667 bits per heavy atom. The normalized spacial score (nSPS) is 11.9. The molecule has 0 heterocycles. The molecular formula is C20H28N2O6S2. The zero-order valence-electron chi connectivity index (χ0n) is 17.1. The molecule has 0 spiro atoms. The van der Waals surface area contributed by atoms with Crippen molar-refractivity contribution in [1.82, 2.24) is 0 Å². The lowest BCUT2D eigenvalue weighted by molar-refractivity contribution is 0.477. The molecule has 0 saturated carbocycles. The van der Waals surface area contributed by atoms with Crippen LogP contribution in [0.4, 0.5) is 11.4 Å². The first-order valence-electron chi connectivity index (χ1n) is 9.58. The van der Waals surface area contributed by atoms with Gasteiger partial charge in [0.1, 0.15) is 11.5 Å². The Labute approximate surface area is 178 Å². The van der Waals surface area contributed by atoms with Gasteiger partial charge >= 0.3 is 0 Å². The van der Waals surface area contributed by atoms with Gasteiger partial charge in [0.15, 0.2) is 0 Å². The standard InChI is InChI=1S/C20H28N2O6S2/c1-15-7-9-19(23)17(13-15)21-29(25,26)11-5-3-4-6-12-30(27,28)22-18-14-16(2)8-10-20(18)24/h7-10,13-14,21-24H,3-6,11-12H2,1-2H3. The molecule has 0 aromatic heterocycles. The maximum atomic E-state index is 12.2. The molecule has 2 aromatic carbocycles. The van der Waals surface area contributed by atoms with Crippen molar-refractivity contribution in [2.24, 2.45) is 0 Å². The molecule has 0 saturated heterocycles. The van der Waals surface area contributed by atoms with Crippen molar-refractivity contribution in [3.63, 3.8) is 0 Å². The molecule has 0 unspecified atom stereocenters. The van der Waals surface area contributed by atoms with Gasteiger partial charge in [0.05, 0.1) is 22.9 Å². The minimum atomic E-state index is -3.61. The molecule has 8 nitrogen and oxygen atoms in total. The van der Waals surface area contributed by atoms with Crippen LogP contribution in [0, 0.1) is 13.8 Å². The van der Waals surface area contributed by atoms with E-state index in [0.717, 1.165) is 11.1 Å². The Morgan fingerprint density at radius 3 is 1.40 bits per heavy atom. The highest BCUT2D eigenvalue weighted by atomic mass is 32.2. The molecular weight excluding hydrogens is 428 g/mol. The van der Waals surface area contributed by atoms with Crippen LogP contribution in [-0.4, -0.2) is 38.6 Å². The number of sulfonamides is 2. The van der Waals surface area contributed by atoms with Crippen molar-refractivity contribution < 1.29 is 27.0 Å². The van der Waals surface area contributed by atoms with E-state index in [-0.39, 0.29) is 34.4 Å². The second-order valence-electron chi connectivity index (χ2n) is 7.30. The lowest BCUT2D eigenvalue weighted by Gasteiger charge is -2.11. The van der Waals surface area contributed by atoms with Crippen molar-refractivity contribution in [2.75, 3.05) is 20.9 Å². The molecule has 0 aliphatic carbocycles. The highest BCUT2D eigenvalue weighted by Crippen LogP contribution is 2.26. The Bertz CT molecular complexity index is 995. The highest BCUT2D eigenvalue weighted by molar-refractivity contribution is 7.92. The molecule has 0 aliphatic rings. The molecule has 0 radical (unpaired) electrons. The van der Waals surface area contributed by atoms with E-state index in [1.807, 2.05) is 0 Å². The van der Waals surface area contributed by atoms with Gasteiger partial charge in [0.25, 0.3) is 0 Å². The molecule has 166 valence electrons. The predicted molar refractivity (Wildman–Crippen MR) is 119 cm³/mol. The van der Waals surface area contributed by atoms with Crippen LogP contribution >= 0.6 is 0 Å². The van der Waals surface area contributed by atoms with E-state index in [1.54, 1.807) is 38.1 Å². The first kappa shape index (κ1) is 23.8. The topological polar surface area (TPSA) is 133 Å². The monoisotopic (exact) mass is 456 g/mol. The number of unbranched alkanes of at least 4 members (excludes halogenated alkanes) is 3. The summed E-state index contributed by atoms with van der Waals surface area (Å²) in [7, 11) is -7.21. The lowest BCUT2D eigenvalue weighted by Crippen LogP contribution is -2.18. The van der Waals surface area contributed by atoms with E-state index < -0.39 is 20.0 Å². The number of phenolic OH excluding ortho intramolecular Hbond substituents is 2. The van der Waals surface area contributed by atoms with Gasteiger partial charge in [-0.1, -0.05) is 25.0 Å². The number of rotatable bonds is 11. The quantitative estimate of drug-likeness (QED) is 0.302. The molecule has 2 rings (SSSR count). The summed E-state index contributed by atoms with van der Waals surface area (Å²) in [6.45, 7) is 3.58. The number of nitrogens with one attached hydrogen (secondary N) is 2. The number of hydrogen-bond donors (Lipinski definition) is 4. The van der Waals surface area contributed by atoms with Crippen LogP contribution < -0.4 is 9.44 Å². The van der Waals surface area contributed by atoms with Crippen molar-refractivity contribution in [1.29, 1.82) is 0 Å². The number of anilines is 2. The van der Waals surface area contributed by atoms with Crippen molar-refractivity contribution >= 4 is 31.4 Å². The van der Waals surface area contributed by atoms with E-state index in [2.05, 4.69) is 9.44 Å². The zero-order chi connectivity index (χ0) is 22.4. The van der Waals surface area contributed by atoms with Crippen LogP contribution in [0.25, 0.3) is 0 Å². The van der Waals surface area contributed by atoms with Gasteiger partial charge in [-0.2, -0.15) is 0 Å². The van der Waals surface area contributed by atoms with Crippen LogP contribution in [0.2, 0.25) is 0 Å². The third-order valence-corrected chi connectivity index (χ3v) is 7.13. The summed E-state index contributed by atoms with van der Waals surface area (Å²) in [5.74, 6) is -0.520. The number of hydrogen-bond acceptors (Lipinski definition) is 6. The molecule has 10 heteroatoms. The summed E-state index contributed by atoms with van der Waals surface area (Å²) in [6, 6.07) is 9.32. The second kappa shape index (κ2) is 10.0. The molecule has 2 aromatic rings. The van der Waals surface area contributed by atoms with Crippen molar-refractivity contribution in [2.45, 2.75) is 39.5 Å². The lowest BCUT2D eigenvalue weighted by atomic mass is 10.2. The fourth-order valence-electron chi connectivity index (χ4n) is 2.84. The van der Waals surface area contributed by atoms with Crippen LogP contribution in [0.15, 0.2) is 36.4 Å². The summed E-state index contributed by atoms with van der Waals surface area (Å²) in [5, 5.41) is 19.5. The van der Waals surface area contributed by atoms with Crippen LogP contribution in [-0.2, 0) is 20.0 Å².